The minimum atomic E-state index is 0.0358. The number of amides is 1. The van der Waals surface area contributed by atoms with Crippen LogP contribution in [0.3, 0.4) is 0 Å². The molecule has 1 aliphatic carbocycles. The fourth-order valence-corrected chi connectivity index (χ4v) is 3.82. The van der Waals surface area contributed by atoms with Crippen LogP contribution in [0.4, 0.5) is 0 Å². The van der Waals surface area contributed by atoms with Crippen LogP contribution in [0.1, 0.15) is 36.5 Å². The van der Waals surface area contributed by atoms with Gasteiger partial charge in [-0.15, -0.1) is 0 Å². The third-order valence-corrected chi connectivity index (χ3v) is 5.24. The summed E-state index contributed by atoms with van der Waals surface area (Å²) in [6.07, 6.45) is 5.27. The lowest BCUT2D eigenvalue weighted by atomic mass is 9.83. The summed E-state index contributed by atoms with van der Waals surface area (Å²) < 4.78 is 11.1. The number of allylic oxidation sites excluding steroid dienone is 2. The number of fused-ring (bicyclic) bond motifs is 1. The van der Waals surface area contributed by atoms with Gasteiger partial charge in [0.1, 0.15) is 11.5 Å². The summed E-state index contributed by atoms with van der Waals surface area (Å²) >= 11 is 0. The largest absolute Gasteiger partial charge is 0.497 e. The standard InChI is InChI=1S/C20H28N2O3/c1-14-4-5-15-12-22(13-16(15)10-14)20(23)18-11-17(24-2)6-7-19(18)25-9-3-8-21/h4,6-7,11,15-16H,3,5,8-10,12-13,21H2,1-2H3/t15-,16+/m1/s1. The molecule has 1 saturated heterocycles. The van der Waals surface area contributed by atoms with Gasteiger partial charge in [-0.1, -0.05) is 11.6 Å². The molecule has 2 atom stereocenters. The van der Waals surface area contributed by atoms with Crippen LogP contribution in [-0.4, -0.2) is 44.2 Å². The van der Waals surface area contributed by atoms with E-state index in [0.717, 1.165) is 32.4 Å². The van der Waals surface area contributed by atoms with Crippen molar-refractivity contribution in [1.82, 2.24) is 4.90 Å². The van der Waals surface area contributed by atoms with Crippen LogP contribution in [0.25, 0.3) is 0 Å². The van der Waals surface area contributed by atoms with Gasteiger partial charge in [-0.3, -0.25) is 4.79 Å². The van der Waals surface area contributed by atoms with E-state index in [2.05, 4.69) is 13.0 Å². The molecule has 5 nitrogen and oxygen atoms in total. The van der Waals surface area contributed by atoms with Crippen molar-refractivity contribution in [3.8, 4) is 11.5 Å². The number of ether oxygens (including phenoxy) is 2. The van der Waals surface area contributed by atoms with E-state index >= 15 is 0 Å². The van der Waals surface area contributed by atoms with Gasteiger partial charge >= 0.3 is 0 Å². The monoisotopic (exact) mass is 344 g/mol. The Labute approximate surface area is 149 Å². The molecule has 5 heteroatoms. The summed E-state index contributed by atoms with van der Waals surface area (Å²) in [5.41, 5.74) is 7.56. The zero-order chi connectivity index (χ0) is 17.8. The zero-order valence-electron chi connectivity index (χ0n) is 15.2. The zero-order valence-corrected chi connectivity index (χ0v) is 15.2. The maximum atomic E-state index is 13.1. The number of likely N-dealkylation sites (tertiary alicyclic amines) is 1. The summed E-state index contributed by atoms with van der Waals surface area (Å²) in [5.74, 6) is 2.49. The summed E-state index contributed by atoms with van der Waals surface area (Å²) in [6, 6.07) is 5.43. The second-order valence-electron chi connectivity index (χ2n) is 7.07. The lowest BCUT2D eigenvalue weighted by Gasteiger charge is -2.21. The van der Waals surface area contributed by atoms with Crippen LogP contribution in [0, 0.1) is 11.8 Å². The highest BCUT2D eigenvalue weighted by atomic mass is 16.5. The third kappa shape index (κ3) is 3.98. The Morgan fingerprint density at radius 2 is 2.12 bits per heavy atom. The molecule has 1 amide bonds. The maximum absolute atomic E-state index is 13.1. The van der Waals surface area contributed by atoms with Crippen molar-refractivity contribution in [3.05, 3.63) is 35.4 Å². The summed E-state index contributed by atoms with van der Waals surface area (Å²) in [4.78, 5) is 15.1. The molecule has 1 aromatic rings. The first-order valence-corrected chi connectivity index (χ1v) is 9.08. The first kappa shape index (κ1) is 17.8. The normalized spacial score (nSPS) is 22.4. The van der Waals surface area contributed by atoms with Gasteiger partial charge in [0.25, 0.3) is 5.91 Å². The fraction of sp³-hybridized carbons (Fsp3) is 0.550. The van der Waals surface area contributed by atoms with Crippen molar-refractivity contribution < 1.29 is 14.3 Å². The van der Waals surface area contributed by atoms with E-state index in [-0.39, 0.29) is 5.91 Å². The number of nitrogens with two attached hydrogens (primary N) is 1. The van der Waals surface area contributed by atoms with E-state index in [4.69, 9.17) is 15.2 Å². The second-order valence-corrected chi connectivity index (χ2v) is 7.07. The average molecular weight is 344 g/mol. The predicted octanol–water partition coefficient (Wildman–Crippen LogP) is 2.85. The SMILES string of the molecule is COc1ccc(OCCCN)c(C(=O)N2C[C@H]3CC=C(C)C[C@H]3C2)c1. The number of benzene rings is 1. The fourth-order valence-electron chi connectivity index (χ4n) is 3.82. The van der Waals surface area contributed by atoms with Crippen molar-refractivity contribution in [2.24, 2.45) is 17.6 Å². The molecule has 0 bridgehead atoms. The van der Waals surface area contributed by atoms with Crippen molar-refractivity contribution in [2.75, 3.05) is 33.4 Å². The van der Waals surface area contributed by atoms with E-state index in [1.54, 1.807) is 13.2 Å². The number of carbonyl (C=O) groups is 1. The van der Waals surface area contributed by atoms with Crippen molar-refractivity contribution in [1.29, 1.82) is 0 Å². The molecule has 136 valence electrons. The number of carbonyl (C=O) groups excluding carboxylic acids is 1. The Morgan fingerprint density at radius 3 is 2.88 bits per heavy atom. The average Bonchev–Trinajstić information content (AvgIpc) is 3.04. The van der Waals surface area contributed by atoms with Gasteiger partial charge in [0, 0.05) is 13.1 Å². The van der Waals surface area contributed by atoms with Gasteiger partial charge < -0.3 is 20.1 Å². The number of nitrogens with zero attached hydrogens (tertiary/aromatic N) is 1. The van der Waals surface area contributed by atoms with E-state index in [1.807, 2.05) is 17.0 Å². The lowest BCUT2D eigenvalue weighted by molar-refractivity contribution is 0.0779. The van der Waals surface area contributed by atoms with Crippen LogP contribution in [0.5, 0.6) is 11.5 Å². The molecule has 0 radical (unpaired) electrons. The molecule has 2 N–H and O–H groups in total. The molecule has 1 aliphatic heterocycles. The van der Waals surface area contributed by atoms with E-state index in [1.165, 1.54) is 5.57 Å². The Hall–Kier alpha value is -2.01. The highest BCUT2D eigenvalue weighted by Crippen LogP contribution is 2.37. The highest BCUT2D eigenvalue weighted by Gasteiger charge is 2.37. The Kier molecular flexibility index (Phi) is 5.63. The van der Waals surface area contributed by atoms with Crippen LogP contribution in [0.2, 0.25) is 0 Å². The molecule has 25 heavy (non-hydrogen) atoms. The smallest absolute Gasteiger partial charge is 0.257 e. The topological polar surface area (TPSA) is 64.8 Å². The molecule has 1 heterocycles. The van der Waals surface area contributed by atoms with Crippen molar-refractivity contribution in [3.63, 3.8) is 0 Å². The van der Waals surface area contributed by atoms with Crippen LogP contribution in [-0.2, 0) is 0 Å². The Balaban J connectivity index is 1.76. The molecule has 1 fully saturated rings. The van der Waals surface area contributed by atoms with Crippen LogP contribution >= 0.6 is 0 Å². The molecule has 0 spiro atoms. The van der Waals surface area contributed by atoms with E-state index < -0.39 is 0 Å². The summed E-state index contributed by atoms with van der Waals surface area (Å²) in [5, 5.41) is 0. The van der Waals surface area contributed by atoms with Crippen molar-refractivity contribution in [2.45, 2.75) is 26.2 Å². The van der Waals surface area contributed by atoms with Gasteiger partial charge in [0.2, 0.25) is 0 Å². The van der Waals surface area contributed by atoms with E-state index in [9.17, 15) is 4.79 Å². The van der Waals surface area contributed by atoms with E-state index in [0.29, 0.717) is 42.0 Å². The number of rotatable bonds is 6. The minimum Gasteiger partial charge on any atom is -0.497 e. The quantitative estimate of drug-likeness (QED) is 0.637. The molecule has 2 aliphatic rings. The van der Waals surface area contributed by atoms with Gasteiger partial charge in [-0.2, -0.15) is 0 Å². The van der Waals surface area contributed by atoms with Gasteiger partial charge in [0.15, 0.2) is 0 Å². The molecular weight excluding hydrogens is 316 g/mol. The summed E-state index contributed by atoms with van der Waals surface area (Å²) in [6.45, 7) is 4.92. The first-order chi connectivity index (χ1) is 12.1. The Bertz CT molecular complexity index is 656. The maximum Gasteiger partial charge on any atom is 0.257 e. The minimum absolute atomic E-state index is 0.0358. The molecule has 1 aromatic carbocycles. The molecule has 0 unspecified atom stereocenters. The molecule has 0 saturated carbocycles. The van der Waals surface area contributed by atoms with Crippen molar-refractivity contribution >= 4 is 5.91 Å². The third-order valence-electron chi connectivity index (χ3n) is 5.24. The molecular formula is C20H28N2O3. The summed E-state index contributed by atoms with van der Waals surface area (Å²) in [7, 11) is 1.61. The van der Waals surface area contributed by atoms with Gasteiger partial charge in [0.05, 0.1) is 19.3 Å². The number of hydrogen-bond acceptors (Lipinski definition) is 4. The second kappa shape index (κ2) is 7.91. The van der Waals surface area contributed by atoms with Crippen LogP contribution in [0.15, 0.2) is 29.8 Å². The van der Waals surface area contributed by atoms with Crippen LogP contribution < -0.4 is 15.2 Å². The lowest BCUT2D eigenvalue weighted by Crippen LogP contribution is -2.29. The van der Waals surface area contributed by atoms with Gasteiger partial charge in [-0.25, -0.2) is 0 Å². The van der Waals surface area contributed by atoms with Gasteiger partial charge in [-0.05, 0) is 62.8 Å². The number of methoxy groups -OCH3 is 1. The molecule has 3 rings (SSSR count). The number of hydrogen-bond donors (Lipinski definition) is 1. The Morgan fingerprint density at radius 1 is 1.32 bits per heavy atom. The molecule has 0 aromatic heterocycles. The highest BCUT2D eigenvalue weighted by molar-refractivity contribution is 5.97. The first-order valence-electron chi connectivity index (χ1n) is 9.08. The predicted molar refractivity (Wildman–Crippen MR) is 98.0 cm³/mol.